The van der Waals surface area contributed by atoms with Crippen molar-refractivity contribution >= 4 is 15.8 Å². The lowest BCUT2D eigenvalue weighted by atomic mass is 10.2. The molecule has 0 aromatic heterocycles. The monoisotopic (exact) mass is 235 g/mol. The first-order valence-corrected chi connectivity index (χ1v) is 6.95. The van der Waals surface area contributed by atoms with Gasteiger partial charge >= 0.3 is 5.97 Å². The largest absolute Gasteiger partial charge is 0.466 e. The second-order valence-corrected chi connectivity index (χ2v) is 5.92. The molecule has 0 saturated carbocycles. The van der Waals surface area contributed by atoms with Crippen LogP contribution in [0.3, 0.4) is 0 Å². The molecular weight excluding hydrogens is 218 g/mol. The van der Waals surface area contributed by atoms with Crippen LogP contribution in [0.2, 0.25) is 0 Å². The van der Waals surface area contributed by atoms with Crippen LogP contribution in [0.15, 0.2) is 0 Å². The van der Waals surface area contributed by atoms with Crippen LogP contribution in [0.5, 0.6) is 0 Å². The van der Waals surface area contributed by atoms with Crippen molar-refractivity contribution in [3.8, 4) is 0 Å². The van der Waals surface area contributed by atoms with Crippen LogP contribution in [-0.4, -0.2) is 45.1 Å². The second-order valence-electron chi connectivity index (χ2n) is 3.69. The van der Waals surface area contributed by atoms with Crippen molar-refractivity contribution in [2.75, 3.05) is 24.7 Å². The van der Waals surface area contributed by atoms with Gasteiger partial charge in [0.05, 0.1) is 24.5 Å². The van der Waals surface area contributed by atoms with Crippen molar-refractivity contribution in [1.82, 2.24) is 5.32 Å². The Morgan fingerprint density at radius 1 is 1.53 bits per heavy atom. The SMILES string of the molecule is CCCOC(=O)CC1CS(=O)(=O)CCN1. The summed E-state index contributed by atoms with van der Waals surface area (Å²) in [6.07, 6.45) is 0.918. The molecular formula is C9H17NO4S. The van der Waals surface area contributed by atoms with Crippen LogP contribution < -0.4 is 5.32 Å². The first kappa shape index (κ1) is 12.4. The highest BCUT2D eigenvalue weighted by atomic mass is 32.2. The molecule has 1 N–H and O–H groups in total. The van der Waals surface area contributed by atoms with Crippen molar-refractivity contribution in [3.05, 3.63) is 0 Å². The fourth-order valence-corrected chi connectivity index (χ4v) is 2.92. The Hall–Kier alpha value is -0.620. The molecule has 1 heterocycles. The summed E-state index contributed by atoms with van der Waals surface area (Å²) in [6.45, 7) is 2.74. The minimum atomic E-state index is -2.97. The normalized spacial score (nSPS) is 24.7. The summed E-state index contributed by atoms with van der Waals surface area (Å²) in [5, 5.41) is 3.00. The third-order valence-corrected chi connectivity index (χ3v) is 3.92. The molecule has 0 aliphatic carbocycles. The van der Waals surface area contributed by atoms with Crippen LogP contribution in [0.1, 0.15) is 19.8 Å². The van der Waals surface area contributed by atoms with E-state index in [9.17, 15) is 13.2 Å². The van der Waals surface area contributed by atoms with Gasteiger partial charge in [0.2, 0.25) is 0 Å². The standard InChI is InChI=1S/C9H17NO4S/c1-2-4-14-9(11)6-8-7-15(12,13)5-3-10-8/h8,10H,2-7H2,1H3. The summed E-state index contributed by atoms with van der Waals surface area (Å²) in [6, 6.07) is -0.284. The Morgan fingerprint density at radius 3 is 2.87 bits per heavy atom. The molecule has 0 aromatic carbocycles. The molecule has 0 bridgehead atoms. The molecule has 15 heavy (non-hydrogen) atoms. The van der Waals surface area contributed by atoms with E-state index in [0.29, 0.717) is 13.2 Å². The van der Waals surface area contributed by atoms with E-state index in [4.69, 9.17) is 4.74 Å². The van der Waals surface area contributed by atoms with Crippen LogP contribution in [0.25, 0.3) is 0 Å². The van der Waals surface area contributed by atoms with Gasteiger partial charge in [0.15, 0.2) is 9.84 Å². The highest BCUT2D eigenvalue weighted by molar-refractivity contribution is 7.91. The Morgan fingerprint density at radius 2 is 2.27 bits per heavy atom. The topological polar surface area (TPSA) is 72.5 Å². The molecule has 0 radical (unpaired) electrons. The molecule has 1 aliphatic rings. The van der Waals surface area contributed by atoms with Crippen LogP contribution in [-0.2, 0) is 19.4 Å². The van der Waals surface area contributed by atoms with E-state index in [-0.39, 0.29) is 29.9 Å². The fourth-order valence-electron chi connectivity index (χ4n) is 1.47. The quantitative estimate of drug-likeness (QED) is 0.678. The average Bonchev–Trinajstić information content (AvgIpc) is 2.13. The zero-order valence-corrected chi connectivity index (χ0v) is 9.68. The van der Waals surface area contributed by atoms with Crippen molar-refractivity contribution in [2.24, 2.45) is 0 Å². The van der Waals surface area contributed by atoms with Gasteiger partial charge in [0, 0.05) is 12.6 Å². The van der Waals surface area contributed by atoms with Gasteiger partial charge < -0.3 is 10.1 Å². The van der Waals surface area contributed by atoms with Crippen molar-refractivity contribution in [3.63, 3.8) is 0 Å². The van der Waals surface area contributed by atoms with E-state index < -0.39 is 9.84 Å². The minimum absolute atomic E-state index is 0.0359. The fraction of sp³-hybridized carbons (Fsp3) is 0.889. The van der Waals surface area contributed by atoms with E-state index in [2.05, 4.69) is 5.32 Å². The Balaban J connectivity index is 2.35. The van der Waals surface area contributed by atoms with E-state index in [0.717, 1.165) is 6.42 Å². The van der Waals surface area contributed by atoms with E-state index >= 15 is 0 Å². The van der Waals surface area contributed by atoms with E-state index in [1.54, 1.807) is 0 Å². The zero-order valence-electron chi connectivity index (χ0n) is 8.86. The first-order valence-electron chi connectivity index (χ1n) is 5.13. The third kappa shape index (κ3) is 4.61. The molecule has 0 amide bonds. The zero-order chi connectivity index (χ0) is 11.3. The van der Waals surface area contributed by atoms with Gasteiger partial charge in [0.25, 0.3) is 0 Å². The molecule has 1 unspecified atom stereocenters. The minimum Gasteiger partial charge on any atom is -0.466 e. The lowest BCUT2D eigenvalue weighted by molar-refractivity contribution is -0.144. The van der Waals surface area contributed by atoms with Crippen molar-refractivity contribution in [2.45, 2.75) is 25.8 Å². The highest BCUT2D eigenvalue weighted by Gasteiger charge is 2.26. The predicted octanol–water partition coefficient (Wildman–Crippen LogP) is -0.284. The smallest absolute Gasteiger partial charge is 0.307 e. The van der Waals surface area contributed by atoms with Crippen molar-refractivity contribution < 1.29 is 17.9 Å². The second kappa shape index (κ2) is 5.46. The third-order valence-electron chi connectivity index (χ3n) is 2.18. The summed E-state index contributed by atoms with van der Waals surface area (Å²) in [4.78, 5) is 11.2. The lowest BCUT2D eigenvalue weighted by Gasteiger charge is -2.22. The number of hydrogen-bond acceptors (Lipinski definition) is 5. The van der Waals surface area contributed by atoms with Gasteiger partial charge in [-0.1, -0.05) is 6.92 Å². The molecule has 1 aliphatic heterocycles. The maximum atomic E-state index is 11.3. The summed E-state index contributed by atoms with van der Waals surface area (Å²) in [5.41, 5.74) is 0. The van der Waals surface area contributed by atoms with Gasteiger partial charge in [0.1, 0.15) is 0 Å². The summed E-state index contributed by atoms with van der Waals surface area (Å²) in [5.74, 6) is -0.131. The highest BCUT2D eigenvalue weighted by Crippen LogP contribution is 2.05. The molecule has 88 valence electrons. The number of nitrogens with one attached hydrogen (secondary N) is 1. The Kier molecular flexibility index (Phi) is 4.53. The molecule has 1 saturated heterocycles. The molecule has 0 aromatic rings. The van der Waals surface area contributed by atoms with Gasteiger partial charge in [-0.2, -0.15) is 0 Å². The van der Waals surface area contributed by atoms with E-state index in [1.807, 2.05) is 6.92 Å². The lowest BCUT2D eigenvalue weighted by Crippen LogP contribution is -2.46. The van der Waals surface area contributed by atoms with Gasteiger partial charge in [-0.15, -0.1) is 0 Å². The summed E-state index contributed by atoms with van der Waals surface area (Å²) < 4.78 is 27.4. The van der Waals surface area contributed by atoms with Gasteiger partial charge in [-0.05, 0) is 6.42 Å². The van der Waals surface area contributed by atoms with E-state index in [1.165, 1.54) is 0 Å². The maximum Gasteiger partial charge on any atom is 0.307 e. The number of carbonyl (C=O) groups is 1. The summed E-state index contributed by atoms with van der Waals surface area (Å²) in [7, 11) is -2.97. The first-order chi connectivity index (χ1) is 7.03. The van der Waals surface area contributed by atoms with Crippen LogP contribution in [0, 0.1) is 0 Å². The molecule has 6 heteroatoms. The number of ether oxygens (including phenoxy) is 1. The number of esters is 1. The maximum absolute atomic E-state index is 11.3. The molecule has 1 rings (SSSR count). The molecule has 0 spiro atoms. The van der Waals surface area contributed by atoms with Gasteiger partial charge in [-0.25, -0.2) is 8.42 Å². The summed E-state index contributed by atoms with van der Waals surface area (Å²) >= 11 is 0. The Labute approximate surface area is 90.1 Å². The van der Waals surface area contributed by atoms with Crippen LogP contribution >= 0.6 is 0 Å². The average molecular weight is 235 g/mol. The van der Waals surface area contributed by atoms with Crippen LogP contribution in [0.4, 0.5) is 0 Å². The van der Waals surface area contributed by atoms with Gasteiger partial charge in [-0.3, -0.25) is 4.79 Å². The Bertz CT molecular complexity index is 312. The number of sulfone groups is 1. The molecule has 1 atom stereocenters. The molecule has 5 nitrogen and oxygen atoms in total. The number of rotatable bonds is 4. The number of hydrogen-bond donors (Lipinski definition) is 1. The molecule has 1 fully saturated rings. The van der Waals surface area contributed by atoms with Crippen molar-refractivity contribution in [1.29, 1.82) is 0 Å². The predicted molar refractivity (Wildman–Crippen MR) is 56.3 cm³/mol. The number of carbonyl (C=O) groups excluding carboxylic acids is 1.